The van der Waals surface area contributed by atoms with Gasteiger partial charge in [0.05, 0.1) is 12.1 Å². The highest BCUT2D eigenvalue weighted by Gasteiger charge is 2.33. The maximum atomic E-state index is 13.1. The lowest BCUT2D eigenvalue weighted by molar-refractivity contribution is 0.00168. The maximum Gasteiger partial charge on any atom is 0.319 e. The van der Waals surface area contributed by atoms with E-state index in [0.717, 1.165) is 35.8 Å². The number of benzene rings is 1. The van der Waals surface area contributed by atoms with Gasteiger partial charge in [0.1, 0.15) is 5.82 Å². The molecule has 0 amide bonds. The summed E-state index contributed by atoms with van der Waals surface area (Å²) in [6, 6.07) is 9.87. The van der Waals surface area contributed by atoms with Crippen LogP contribution in [0, 0.1) is 0 Å². The molecule has 24 heavy (non-hydrogen) atoms. The van der Waals surface area contributed by atoms with E-state index in [1.54, 1.807) is 0 Å². The monoisotopic (exact) mass is 335 g/mol. The van der Waals surface area contributed by atoms with E-state index in [-0.39, 0.29) is 6.54 Å². The summed E-state index contributed by atoms with van der Waals surface area (Å²) < 4.78 is 27.0. The van der Waals surface area contributed by atoms with Gasteiger partial charge in [-0.3, -0.25) is 9.47 Å². The summed E-state index contributed by atoms with van der Waals surface area (Å²) in [5, 5.41) is 10.7. The normalized spacial score (nSPS) is 17.0. The molecule has 0 atom stereocenters. The molecule has 130 valence electrons. The second-order valence-electron chi connectivity index (χ2n) is 6.59. The fourth-order valence-electron chi connectivity index (χ4n) is 3.46. The number of halogens is 2. The van der Waals surface area contributed by atoms with Gasteiger partial charge in [-0.1, -0.05) is 43.2 Å². The third-order valence-electron chi connectivity index (χ3n) is 4.63. The number of aromatic nitrogens is 2. The molecule has 0 spiro atoms. The summed E-state index contributed by atoms with van der Waals surface area (Å²) in [5.74, 6) is 0.322. The number of aliphatic hydroxyl groups is 1. The number of rotatable bonds is 7. The number of alkyl halides is 2. The molecule has 1 N–H and O–H groups in total. The van der Waals surface area contributed by atoms with Crippen LogP contribution < -0.4 is 0 Å². The van der Waals surface area contributed by atoms with Crippen molar-refractivity contribution in [2.45, 2.75) is 50.9 Å². The van der Waals surface area contributed by atoms with Crippen LogP contribution in [0.2, 0.25) is 0 Å². The molecule has 1 aliphatic carbocycles. The Morgan fingerprint density at radius 2 is 1.88 bits per heavy atom. The molecule has 3 rings (SSSR count). The van der Waals surface area contributed by atoms with Gasteiger partial charge in [-0.2, -0.15) is 8.78 Å². The average Bonchev–Trinajstić information content (AvgIpc) is 3.17. The molecule has 6 heteroatoms. The molecule has 1 heterocycles. The first kappa shape index (κ1) is 17.0. The third kappa shape index (κ3) is 4.19. The smallest absolute Gasteiger partial charge is 0.319 e. The highest BCUT2D eigenvalue weighted by molar-refractivity contribution is 5.14. The summed E-state index contributed by atoms with van der Waals surface area (Å²) in [6.07, 6.45) is 6.25. The van der Waals surface area contributed by atoms with Gasteiger partial charge in [0.25, 0.3) is 0 Å². The van der Waals surface area contributed by atoms with E-state index in [9.17, 15) is 13.9 Å². The van der Waals surface area contributed by atoms with Gasteiger partial charge < -0.3 is 5.11 Å². The zero-order valence-electron chi connectivity index (χ0n) is 13.6. The number of imidazole rings is 1. The molecule has 1 aliphatic rings. The van der Waals surface area contributed by atoms with Gasteiger partial charge in [-0.05, 0) is 18.4 Å². The van der Waals surface area contributed by atoms with Crippen molar-refractivity contribution in [1.29, 1.82) is 0 Å². The molecule has 1 saturated carbocycles. The quantitative estimate of drug-likeness (QED) is 0.841. The number of hydrogen-bond donors (Lipinski definition) is 1. The first-order valence-corrected chi connectivity index (χ1v) is 8.34. The SMILES string of the molecule is OC1(CN(Cc2ccccc2)Cc2nccn2C(F)F)CCCC1. The fraction of sp³-hybridized carbons (Fsp3) is 0.500. The summed E-state index contributed by atoms with van der Waals surface area (Å²) >= 11 is 0. The van der Waals surface area contributed by atoms with Crippen LogP contribution in [0.3, 0.4) is 0 Å². The van der Waals surface area contributed by atoms with E-state index in [1.807, 2.05) is 35.2 Å². The zero-order chi connectivity index (χ0) is 17.0. The summed E-state index contributed by atoms with van der Waals surface area (Å²) in [6.45, 7) is -1.25. The van der Waals surface area contributed by atoms with E-state index in [0.29, 0.717) is 18.9 Å². The second kappa shape index (κ2) is 7.40. The van der Waals surface area contributed by atoms with Crippen molar-refractivity contribution in [3.63, 3.8) is 0 Å². The largest absolute Gasteiger partial charge is 0.389 e. The Labute approximate surface area is 140 Å². The van der Waals surface area contributed by atoms with Gasteiger partial charge >= 0.3 is 6.55 Å². The minimum atomic E-state index is -2.60. The van der Waals surface area contributed by atoms with Crippen LogP contribution in [-0.4, -0.2) is 31.7 Å². The summed E-state index contributed by atoms with van der Waals surface area (Å²) in [5.41, 5.74) is 0.367. The lowest BCUT2D eigenvalue weighted by Crippen LogP contribution is -2.41. The third-order valence-corrected chi connectivity index (χ3v) is 4.63. The van der Waals surface area contributed by atoms with Crippen LogP contribution in [0.4, 0.5) is 8.78 Å². The Bertz CT molecular complexity index is 639. The topological polar surface area (TPSA) is 41.3 Å². The van der Waals surface area contributed by atoms with Gasteiger partial charge in [-0.25, -0.2) is 4.98 Å². The van der Waals surface area contributed by atoms with Crippen molar-refractivity contribution < 1.29 is 13.9 Å². The fourth-order valence-corrected chi connectivity index (χ4v) is 3.46. The average molecular weight is 335 g/mol. The molecule has 0 bridgehead atoms. The van der Waals surface area contributed by atoms with E-state index >= 15 is 0 Å². The van der Waals surface area contributed by atoms with Crippen LogP contribution in [0.5, 0.6) is 0 Å². The molecule has 4 nitrogen and oxygen atoms in total. The summed E-state index contributed by atoms with van der Waals surface area (Å²) in [7, 11) is 0. The Morgan fingerprint density at radius 3 is 2.54 bits per heavy atom. The predicted octanol–water partition coefficient (Wildman–Crippen LogP) is 3.59. The van der Waals surface area contributed by atoms with Crippen molar-refractivity contribution >= 4 is 0 Å². The van der Waals surface area contributed by atoms with Crippen molar-refractivity contribution in [3.8, 4) is 0 Å². The number of hydrogen-bond acceptors (Lipinski definition) is 3. The molecule has 2 aromatic rings. The van der Waals surface area contributed by atoms with E-state index in [4.69, 9.17) is 0 Å². The minimum Gasteiger partial charge on any atom is -0.389 e. The Hall–Kier alpha value is -1.79. The zero-order valence-corrected chi connectivity index (χ0v) is 13.6. The molecule has 1 fully saturated rings. The van der Waals surface area contributed by atoms with Crippen LogP contribution in [0.15, 0.2) is 42.7 Å². The highest BCUT2D eigenvalue weighted by atomic mass is 19.3. The van der Waals surface area contributed by atoms with E-state index < -0.39 is 12.2 Å². The lowest BCUT2D eigenvalue weighted by Gasteiger charge is -2.31. The van der Waals surface area contributed by atoms with Crippen molar-refractivity contribution in [2.75, 3.05) is 6.54 Å². The first-order valence-electron chi connectivity index (χ1n) is 8.34. The highest BCUT2D eigenvalue weighted by Crippen LogP contribution is 2.31. The Morgan fingerprint density at radius 1 is 1.17 bits per heavy atom. The molecule has 0 unspecified atom stereocenters. The van der Waals surface area contributed by atoms with Gasteiger partial charge in [0, 0.05) is 25.5 Å². The van der Waals surface area contributed by atoms with E-state index in [1.165, 1.54) is 12.4 Å². The first-order chi connectivity index (χ1) is 11.6. The van der Waals surface area contributed by atoms with Gasteiger partial charge in [-0.15, -0.1) is 0 Å². The Kier molecular flexibility index (Phi) is 5.26. The standard InChI is InChI=1S/C18H23F2N3O/c19-17(20)23-11-10-21-16(23)13-22(12-15-6-2-1-3-7-15)14-18(24)8-4-5-9-18/h1-3,6-7,10-11,17,24H,4-5,8-9,12-14H2. The molecular formula is C18H23F2N3O. The number of nitrogens with zero attached hydrogens (tertiary/aromatic N) is 3. The van der Waals surface area contributed by atoms with E-state index in [2.05, 4.69) is 4.98 Å². The van der Waals surface area contributed by atoms with Crippen LogP contribution in [0.25, 0.3) is 0 Å². The predicted molar refractivity (Wildman–Crippen MR) is 87.5 cm³/mol. The van der Waals surface area contributed by atoms with Crippen LogP contribution in [-0.2, 0) is 13.1 Å². The molecule has 1 aromatic heterocycles. The van der Waals surface area contributed by atoms with Crippen molar-refractivity contribution in [1.82, 2.24) is 14.5 Å². The van der Waals surface area contributed by atoms with Crippen LogP contribution >= 0.6 is 0 Å². The molecule has 1 aromatic carbocycles. The lowest BCUT2D eigenvalue weighted by atomic mass is 10.0. The summed E-state index contributed by atoms with van der Waals surface area (Å²) in [4.78, 5) is 6.09. The maximum absolute atomic E-state index is 13.1. The van der Waals surface area contributed by atoms with Gasteiger partial charge in [0.2, 0.25) is 0 Å². The molecule has 0 saturated heterocycles. The minimum absolute atomic E-state index is 0.286. The van der Waals surface area contributed by atoms with Crippen molar-refractivity contribution in [3.05, 3.63) is 54.1 Å². The molecule has 0 radical (unpaired) electrons. The van der Waals surface area contributed by atoms with Crippen LogP contribution in [0.1, 0.15) is 43.6 Å². The molecule has 0 aliphatic heterocycles. The van der Waals surface area contributed by atoms with Gasteiger partial charge in [0.15, 0.2) is 0 Å². The Balaban J connectivity index is 1.77. The van der Waals surface area contributed by atoms with Crippen molar-refractivity contribution in [2.24, 2.45) is 0 Å². The second-order valence-corrected chi connectivity index (χ2v) is 6.59. The molecular weight excluding hydrogens is 312 g/mol.